The molecule has 0 radical (unpaired) electrons. The number of rotatable bonds is 5. The lowest BCUT2D eigenvalue weighted by Gasteiger charge is -2.33. The summed E-state index contributed by atoms with van der Waals surface area (Å²) in [6.07, 6.45) is 4.81. The minimum atomic E-state index is -0.214. The number of halogens is 1. The lowest BCUT2D eigenvalue weighted by molar-refractivity contribution is -0.0478. The van der Waals surface area contributed by atoms with E-state index in [1.54, 1.807) is 0 Å². The summed E-state index contributed by atoms with van der Waals surface area (Å²) in [6, 6.07) is 3.79. The van der Waals surface area contributed by atoms with Crippen LogP contribution in [0.1, 0.15) is 38.3 Å². The van der Waals surface area contributed by atoms with Crippen molar-refractivity contribution < 1.29 is 14.3 Å². The summed E-state index contributed by atoms with van der Waals surface area (Å²) >= 11 is 6.50. The van der Waals surface area contributed by atoms with Crippen molar-refractivity contribution in [1.82, 2.24) is 14.8 Å². The first-order chi connectivity index (χ1) is 12.0. The molecule has 0 bridgehead atoms. The summed E-state index contributed by atoms with van der Waals surface area (Å²) in [6.45, 7) is 6.60. The molecule has 1 aliphatic heterocycles. The molecule has 0 fully saturated rings. The number of aromatic nitrogens is 3. The standard InChI is InChI=1S/C17H21ClN4O3/c1-4-23-11-24-21-16(22-10-19-9-20-22)13-8-15-12(7-14(13)18)5-6-17(2,3)25-15/h7-10H,4-6,11H2,1-3H3/b21-16+. The zero-order valence-corrected chi connectivity index (χ0v) is 15.3. The molecule has 0 amide bonds. The zero-order valence-electron chi connectivity index (χ0n) is 14.5. The SMILES string of the molecule is CCOCO/N=C(\c1cc2c(cc1Cl)CCC(C)(C)O2)n1cncn1. The average molecular weight is 365 g/mol. The van der Waals surface area contributed by atoms with Crippen LogP contribution in [0.5, 0.6) is 5.75 Å². The average Bonchev–Trinajstić information content (AvgIpc) is 3.09. The van der Waals surface area contributed by atoms with Crippen LogP contribution in [-0.2, 0) is 16.0 Å². The lowest BCUT2D eigenvalue weighted by Crippen LogP contribution is -2.32. The normalized spacial score (nSPS) is 16.2. The van der Waals surface area contributed by atoms with Gasteiger partial charge in [0.1, 0.15) is 24.0 Å². The van der Waals surface area contributed by atoms with Gasteiger partial charge in [0, 0.05) is 12.2 Å². The van der Waals surface area contributed by atoms with E-state index in [2.05, 4.69) is 29.1 Å². The fraction of sp³-hybridized carbons (Fsp3) is 0.471. The monoisotopic (exact) mass is 364 g/mol. The zero-order chi connectivity index (χ0) is 17.9. The van der Waals surface area contributed by atoms with Crippen LogP contribution in [0.3, 0.4) is 0 Å². The highest BCUT2D eigenvalue weighted by Crippen LogP contribution is 2.36. The number of hydrogen-bond donors (Lipinski definition) is 0. The van der Waals surface area contributed by atoms with E-state index in [4.69, 9.17) is 25.9 Å². The number of hydrogen-bond acceptors (Lipinski definition) is 6. The molecule has 0 aliphatic carbocycles. The third kappa shape index (κ3) is 4.11. The van der Waals surface area contributed by atoms with Gasteiger partial charge in [0.2, 0.25) is 12.6 Å². The van der Waals surface area contributed by atoms with Gasteiger partial charge in [0.25, 0.3) is 0 Å². The molecule has 0 N–H and O–H groups in total. The van der Waals surface area contributed by atoms with Crippen molar-refractivity contribution in [2.24, 2.45) is 5.16 Å². The molecule has 7 nitrogen and oxygen atoms in total. The molecule has 2 heterocycles. The molecular weight excluding hydrogens is 344 g/mol. The first-order valence-corrected chi connectivity index (χ1v) is 8.52. The van der Waals surface area contributed by atoms with Gasteiger partial charge in [0.15, 0.2) is 0 Å². The van der Waals surface area contributed by atoms with E-state index in [0.29, 0.717) is 23.0 Å². The Labute approximate surface area is 151 Å². The van der Waals surface area contributed by atoms with Gasteiger partial charge in [0.05, 0.1) is 5.02 Å². The molecule has 8 heteroatoms. The smallest absolute Gasteiger partial charge is 0.216 e. The molecular formula is C17H21ClN4O3. The summed E-state index contributed by atoms with van der Waals surface area (Å²) in [5, 5.41) is 8.81. The van der Waals surface area contributed by atoms with Gasteiger partial charge in [-0.25, -0.2) is 4.98 Å². The van der Waals surface area contributed by atoms with Gasteiger partial charge in [-0.1, -0.05) is 16.8 Å². The second-order valence-electron chi connectivity index (χ2n) is 6.30. The molecule has 0 spiro atoms. The molecule has 2 aromatic rings. The summed E-state index contributed by atoms with van der Waals surface area (Å²) in [5.74, 6) is 1.21. The van der Waals surface area contributed by atoms with Crippen LogP contribution >= 0.6 is 11.6 Å². The van der Waals surface area contributed by atoms with Gasteiger partial charge in [-0.2, -0.15) is 9.78 Å². The fourth-order valence-electron chi connectivity index (χ4n) is 2.58. The minimum Gasteiger partial charge on any atom is -0.488 e. The number of fused-ring (bicyclic) bond motifs is 1. The van der Waals surface area contributed by atoms with Crippen LogP contribution in [-0.4, -0.2) is 39.6 Å². The number of nitrogens with zero attached hydrogens (tertiary/aromatic N) is 4. The maximum Gasteiger partial charge on any atom is 0.216 e. The third-order valence-electron chi connectivity index (χ3n) is 3.90. The Hall–Kier alpha value is -2.12. The van der Waals surface area contributed by atoms with E-state index in [1.165, 1.54) is 17.3 Å². The molecule has 1 aromatic carbocycles. The summed E-state index contributed by atoms with van der Waals surface area (Å²) < 4.78 is 12.7. The number of aryl methyl sites for hydroxylation is 1. The maximum atomic E-state index is 6.50. The Kier molecular flexibility index (Phi) is 5.24. The van der Waals surface area contributed by atoms with Gasteiger partial charge in [-0.3, -0.25) is 0 Å². The van der Waals surface area contributed by atoms with Crippen molar-refractivity contribution in [2.45, 2.75) is 39.2 Å². The predicted molar refractivity (Wildman–Crippen MR) is 94.0 cm³/mol. The van der Waals surface area contributed by atoms with Crippen LogP contribution in [0, 0.1) is 0 Å². The predicted octanol–water partition coefficient (Wildman–Crippen LogP) is 3.26. The minimum absolute atomic E-state index is 0.0424. The van der Waals surface area contributed by atoms with Crippen LogP contribution in [0.4, 0.5) is 0 Å². The Morgan fingerprint density at radius 2 is 2.28 bits per heavy atom. The van der Waals surface area contributed by atoms with Crippen molar-refractivity contribution in [1.29, 1.82) is 0 Å². The summed E-state index contributed by atoms with van der Waals surface area (Å²) in [7, 11) is 0. The van der Waals surface area contributed by atoms with Crippen LogP contribution in [0.15, 0.2) is 29.9 Å². The van der Waals surface area contributed by atoms with Crippen molar-refractivity contribution in [3.8, 4) is 5.75 Å². The Morgan fingerprint density at radius 1 is 1.44 bits per heavy atom. The largest absolute Gasteiger partial charge is 0.488 e. The Balaban J connectivity index is 1.98. The van der Waals surface area contributed by atoms with E-state index in [0.717, 1.165) is 24.2 Å². The van der Waals surface area contributed by atoms with E-state index in [9.17, 15) is 0 Å². The van der Waals surface area contributed by atoms with Crippen molar-refractivity contribution in [3.05, 3.63) is 40.9 Å². The third-order valence-corrected chi connectivity index (χ3v) is 4.21. The van der Waals surface area contributed by atoms with E-state index in [-0.39, 0.29) is 12.4 Å². The molecule has 1 aromatic heterocycles. The van der Waals surface area contributed by atoms with Crippen molar-refractivity contribution >= 4 is 17.4 Å². The molecule has 0 atom stereocenters. The van der Waals surface area contributed by atoms with Gasteiger partial charge >= 0.3 is 0 Å². The summed E-state index contributed by atoms with van der Waals surface area (Å²) in [4.78, 5) is 9.20. The maximum absolute atomic E-state index is 6.50. The van der Waals surface area contributed by atoms with Crippen LogP contribution in [0.2, 0.25) is 5.02 Å². The van der Waals surface area contributed by atoms with Crippen LogP contribution < -0.4 is 4.74 Å². The molecule has 1 aliphatic rings. The highest BCUT2D eigenvalue weighted by atomic mass is 35.5. The quantitative estimate of drug-likeness (QED) is 0.268. The summed E-state index contributed by atoms with van der Waals surface area (Å²) in [5.41, 5.74) is 1.52. The topological polar surface area (TPSA) is 70.8 Å². The van der Waals surface area contributed by atoms with E-state index < -0.39 is 0 Å². The highest BCUT2D eigenvalue weighted by Gasteiger charge is 2.28. The molecule has 0 saturated heterocycles. The van der Waals surface area contributed by atoms with Crippen molar-refractivity contribution in [3.63, 3.8) is 0 Å². The number of benzene rings is 1. The molecule has 3 rings (SSSR count). The first kappa shape index (κ1) is 17.7. The number of oxime groups is 1. The molecule has 0 saturated carbocycles. The van der Waals surface area contributed by atoms with Gasteiger partial charge < -0.3 is 14.3 Å². The second-order valence-corrected chi connectivity index (χ2v) is 6.70. The number of ether oxygens (including phenoxy) is 2. The molecule has 0 unspecified atom stereocenters. The van der Waals surface area contributed by atoms with Gasteiger partial charge in [-0.05, 0) is 51.3 Å². The van der Waals surface area contributed by atoms with Crippen LogP contribution in [0.25, 0.3) is 0 Å². The Bertz CT molecular complexity index is 760. The second kappa shape index (κ2) is 7.41. The van der Waals surface area contributed by atoms with Crippen molar-refractivity contribution in [2.75, 3.05) is 13.4 Å². The van der Waals surface area contributed by atoms with E-state index in [1.807, 2.05) is 19.1 Å². The van der Waals surface area contributed by atoms with E-state index >= 15 is 0 Å². The lowest BCUT2D eigenvalue weighted by atomic mass is 9.93. The molecule has 134 valence electrons. The fourth-order valence-corrected chi connectivity index (χ4v) is 2.85. The van der Waals surface area contributed by atoms with Gasteiger partial charge in [-0.15, -0.1) is 0 Å². The molecule has 25 heavy (non-hydrogen) atoms. The Morgan fingerprint density at radius 3 is 3.00 bits per heavy atom. The highest BCUT2D eigenvalue weighted by molar-refractivity contribution is 6.34. The first-order valence-electron chi connectivity index (χ1n) is 8.14.